The standard InChI is InChI=1S/C14H23N3OS/c1-12(2)10-15-11-13-9-14(3-4-16-13)17-5-7-19(18)8-6-17/h3-4,9,12,15H,5-8,10-11H2,1-2H3. The summed E-state index contributed by atoms with van der Waals surface area (Å²) < 4.78 is 11.4. The molecule has 0 bridgehead atoms. The quantitative estimate of drug-likeness (QED) is 0.886. The van der Waals surface area contributed by atoms with Gasteiger partial charge in [0, 0.05) is 53.8 Å². The van der Waals surface area contributed by atoms with Crippen molar-refractivity contribution in [1.29, 1.82) is 0 Å². The van der Waals surface area contributed by atoms with E-state index < -0.39 is 10.8 Å². The first-order valence-corrected chi connectivity index (χ1v) is 8.39. The van der Waals surface area contributed by atoms with Gasteiger partial charge in [-0.05, 0) is 24.6 Å². The highest BCUT2D eigenvalue weighted by molar-refractivity contribution is 7.85. The van der Waals surface area contributed by atoms with Gasteiger partial charge >= 0.3 is 0 Å². The van der Waals surface area contributed by atoms with Crippen LogP contribution in [0.5, 0.6) is 0 Å². The van der Waals surface area contributed by atoms with Crippen molar-refractivity contribution in [2.75, 3.05) is 36.0 Å². The van der Waals surface area contributed by atoms with Gasteiger partial charge in [0.2, 0.25) is 0 Å². The second kappa shape index (κ2) is 7.01. The fourth-order valence-corrected chi connectivity index (χ4v) is 3.20. The SMILES string of the molecule is CC(C)CNCc1cc(N2CCS(=O)CC2)ccn1. The van der Waals surface area contributed by atoms with Crippen molar-refractivity contribution >= 4 is 16.5 Å². The summed E-state index contributed by atoms with van der Waals surface area (Å²) in [5, 5.41) is 3.41. The van der Waals surface area contributed by atoms with Crippen molar-refractivity contribution in [3.8, 4) is 0 Å². The molecule has 2 rings (SSSR count). The number of anilines is 1. The lowest BCUT2D eigenvalue weighted by Crippen LogP contribution is -2.37. The molecule has 0 spiro atoms. The molecule has 1 aliphatic heterocycles. The molecular formula is C14H23N3OS. The average Bonchev–Trinajstić information content (AvgIpc) is 2.39. The maximum absolute atomic E-state index is 11.4. The zero-order valence-electron chi connectivity index (χ0n) is 11.8. The van der Waals surface area contributed by atoms with Gasteiger partial charge in [0.1, 0.15) is 0 Å². The molecule has 1 aromatic rings. The van der Waals surface area contributed by atoms with Crippen LogP contribution in [0.1, 0.15) is 19.5 Å². The first kappa shape index (κ1) is 14.5. The molecule has 0 radical (unpaired) electrons. The molecule has 1 aliphatic rings. The van der Waals surface area contributed by atoms with Gasteiger partial charge in [0.15, 0.2) is 0 Å². The number of hydrogen-bond donors (Lipinski definition) is 1. The van der Waals surface area contributed by atoms with Gasteiger partial charge in [-0.2, -0.15) is 0 Å². The number of hydrogen-bond acceptors (Lipinski definition) is 4. The Kier molecular flexibility index (Phi) is 5.34. The van der Waals surface area contributed by atoms with Crippen LogP contribution in [0, 0.1) is 5.92 Å². The van der Waals surface area contributed by atoms with Gasteiger partial charge in [0.25, 0.3) is 0 Å². The first-order chi connectivity index (χ1) is 9.15. The van der Waals surface area contributed by atoms with Crippen LogP contribution in [0.4, 0.5) is 5.69 Å². The summed E-state index contributed by atoms with van der Waals surface area (Å²) in [5.74, 6) is 2.22. The average molecular weight is 281 g/mol. The molecule has 5 heteroatoms. The molecule has 2 heterocycles. The third kappa shape index (κ3) is 4.58. The second-order valence-corrected chi connectivity index (χ2v) is 7.06. The van der Waals surface area contributed by atoms with Gasteiger partial charge < -0.3 is 10.2 Å². The van der Waals surface area contributed by atoms with Gasteiger partial charge in [-0.1, -0.05) is 13.8 Å². The second-order valence-electron chi connectivity index (χ2n) is 5.37. The molecule has 0 unspecified atom stereocenters. The predicted octanol–water partition coefficient (Wildman–Crippen LogP) is 1.40. The number of nitrogens with zero attached hydrogens (tertiary/aromatic N) is 2. The molecule has 1 aromatic heterocycles. The summed E-state index contributed by atoms with van der Waals surface area (Å²) in [5.41, 5.74) is 2.28. The van der Waals surface area contributed by atoms with E-state index in [0.717, 1.165) is 43.4 Å². The molecule has 0 aromatic carbocycles. The Morgan fingerprint density at radius 3 is 2.84 bits per heavy atom. The Balaban J connectivity index is 1.93. The summed E-state index contributed by atoms with van der Waals surface area (Å²) in [7, 11) is -0.620. The lowest BCUT2D eigenvalue weighted by atomic mass is 10.2. The van der Waals surface area contributed by atoms with Gasteiger partial charge in [-0.15, -0.1) is 0 Å². The molecule has 0 aliphatic carbocycles. The van der Waals surface area contributed by atoms with Gasteiger partial charge in [0.05, 0.1) is 5.69 Å². The van der Waals surface area contributed by atoms with E-state index in [1.54, 1.807) is 0 Å². The van der Waals surface area contributed by atoms with Gasteiger partial charge in [-0.25, -0.2) is 0 Å². The van der Waals surface area contributed by atoms with E-state index >= 15 is 0 Å². The highest BCUT2D eigenvalue weighted by atomic mass is 32.2. The number of nitrogens with one attached hydrogen (secondary N) is 1. The molecule has 0 amide bonds. The highest BCUT2D eigenvalue weighted by Gasteiger charge is 2.15. The topological polar surface area (TPSA) is 45.2 Å². The van der Waals surface area contributed by atoms with Crippen molar-refractivity contribution in [2.24, 2.45) is 5.92 Å². The van der Waals surface area contributed by atoms with E-state index in [2.05, 4.69) is 35.1 Å². The Morgan fingerprint density at radius 2 is 2.16 bits per heavy atom. The largest absolute Gasteiger partial charge is 0.370 e. The fraction of sp³-hybridized carbons (Fsp3) is 0.643. The van der Waals surface area contributed by atoms with Crippen LogP contribution in [-0.2, 0) is 17.3 Å². The van der Waals surface area contributed by atoms with Gasteiger partial charge in [-0.3, -0.25) is 9.19 Å². The van der Waals surface area contributed by atoms with E-state index in [-0.39, 0.29) is 0 Å². The maximum Gasteiger partial charge on any atom is 0.0562 e. The van der Waals surface area contributed by atoms with Crippen molar-refractivity contribution in [3.63, 3.8) is 0 Å². The molecule has 1 N–H and O–H groups in total. The van der Waals surface area contributed by atoms with Crippen molar-refractivity contribution in [1.82, 2.24) is 10.3 Å². The number of pyridine rings is 1. The molecular weight excluding hydrogens is 258 g/mol. The smallest absolute Gasteiger partial charge is 0.0562 e. The zero-order valence-corrected chi connectivity index (χ0v) is 12.6. The molecule has 1 saturated heterocycles. The van der Waals surface area contributed by atoms with E-state index in [1.807, 2.05) is 12.3 Å². The minimum atomic E-state index is -0.620. The molecule has 0 saturated carbocycles. The summed E-state index contributed by atoms with van der Waals surface area (Å²) in [6.45, 7) is 7.99. The van der Waals surface area contributed by atoms with E-state index in [9.17, 15) is 4.21 Å². The van der Waals surface area contributed by atoms with Crippen LogP contribution < -0.4 is 10.2 Å². The Labute approximate surface area is 118 Å². The predicted molar refractivity (Wildman–Crippen MR) is 80.9 cm³/mol. The van der Waals surface area contributed by atoms with Crippen LogP contribution in [0.25, 0.3) is 0 Å². The minimum Gasteiger partial charge on any atom is -0.370 e. The summed E-state index contributed by atoms with van der Waals surface area (Å²) >= 11 is 0. The molecule has 19 heavy (non-hydrogen) atoms. The lowest BCUT2D eigenvalue weighted by Gasteiger charge is -2.28. The first-order valence-electron chi connectivity index (χ1n) is 6.90. The van der Waals surface area contributed by atoms with E-state index in [4.69, 9.17) is 0 Å². The fourth-order valence-electron chi connectivity index (χ4n) is 2.14. The zero-order chi connectivity index (χ0) is 13.7. The van der Waals surface area contributed by atoms with Crippen LogP contribution >= 0.6 is 0 Å². The third-order valence-corrected chi connectivity index (χ3v) is 4.48. The maximum atomic E-state index is 11.4. The normalized spacial score (nSPS) is 17.1. The van der Waals surface area contributed by atoms with E-state index in [0.29, 0.717) is 5.92 Å². The minimum absolute atomic E-state index is 0.620. The van der Waals surface area contributed by atoms with Crippen LogP contribution in [0.2, 0.25) is 0 Å². The highest BCUT2D eigenvalue weighted by Crippen LogP contribution is 2.16. The summed E-state index contributed by atoms with van der Waals surface area (Å²) in [6.07, 6.45) is 1.87. The summed E-state index contributed by atoms with van der Waals surface area (Å²) in [6, 6.07) is 4.18. The molecule has 4 nitrogen and oxygen atoms in total. The lowest BCUT2D eigenvalue weighted by molar-refractivity contribution is 0.548. The van der Waals surface area contributed by atoms with E-state index in [1.165, 1.54) is 5.69 Å². The third-order valence-electron chi connectivity index (χ3n) is 3.20. The summed E-state index contributed by atoms with van der Waals surface area (Å²) in [4.78, 5) is 6.70. The van der Waals surface area contributed by atoms with Crippen LogP contribution in [0.3, 0.4) is 0 Å². The number of aromatic nitrogens is 1. The number of rotatable bonds is 5. The van der Waals surface area contributed by atoms with Crippen LogP contribution in [0.15, 0.2) is 18.3 Å². The Hall–Kier alpha value is -0.940. The Bertz CT molecular complexity index is 426. The molecule has 1 fully saturated rings. The van der Waals surface area contributed by atoms with Crippen molar-refractivity contribution < 1.29 is 4.21 Å². The van der Waals surface area contributed by atoms with Crippen LogP contribution in [-0.4, -0.2) is 40.3 Å². The monoisotopic (exact) mass is 281 g/mol. The van der Waals surface area contributed by atoms with Crippen molar-refractivity contribution in [2.45, 2.75) is 20.4 Å². The molecule has 106 valence electrons. The Morgan fingerprint density at radius 1 is 1.42 bits per heavy atom. The van der Waals surface area contributed by atoms with Crippen molar-refractivity contribution in [3.05, 3.63) is 24.0 Å². The molecule has 0 atom stereocenters.